The van der Waals surface area contributed by atoms with E-state index in [1.807, 2.05) is 0 Å². The number of aliphatic hydroxyl groups excluding tert-OH is 1. The van der Waals surface area contributed by atoms with Crippen LogP contribution >= 0.6 is 12.4 Å². The van der Waals surface area contributed by atoms with Gasteiger partial charge in [-0.05, 0) is 32.3 Å². The summed E-state index contributed by atoms with van der Waals surface area (Å²) in [4.78, 5) is 19.4. The van der Waals surface area contributed by atoms with Gasteiger partial charge in [0.1, 0.15) is 11.5 Å². The number of nitrogens with two attached hydrogens (primary N) is 1. The Morgan fingerprint density at radius 1 is 1.42 bits per heavy atom. The molecule has 0 aliphatic heterocycles. The van der Waals surface area contributed by atoms with Crippen LogP contribution in [0.5, 0.6) is 0 Å². The Morgan fingerprint density at radius 3 is 2.67 bits per heavy atom. The van der Waals surface area contributed by atoms with E-state index >= 15 is 0 Å². The van der Waals surface area contributed by atoms with Gasteiger partial charge in [-0.15, -0.1) is 12.4 Å². The van der Waals surface area contributed by atoms with E-state index in [1.165, 1.54) is 6.92 Å². The van der Waals surface area contributed by atoms with Crippen LogP contribution in [0, 0.1) is 12.8 Å². The van der Waals surface area contributed by atoms with E-state index < -0.39 is 24.0 Å². The largest absolute Gasteiger partial charge is 0.433 e. The molecular formula is C14H20ClF3N4O2. The van der Waals surface area contributed by atoms with Gasteiger partial charge in [-0.1, -0.05) is 0 Å². The quantitative estimate of drug-likeness (QED) is 0.747. The number of hydrogen-bond acceptors (Lipinski definition) is 5. The van der Waals surface area contributed by atoms with Gasteiger partial charge in [0.05, 0.1) is 12.6 Å². The molecule has 1 aromatic rings. The maximum Gasteiger partial charge on any atom is 0.433 e. The highest BCUT2D eigenvalue weighted by Crippen LogP contribution is 2.28. The summed E-state index contributed by atoms with van der Waals surface area (Å²) in [5.74, 6) is -0.767. The number of carbonyl (C=O) groups is 1. The van der Waals surface area contributed by atoms with E-state index in [9.17, 15) is 23.1 Å². The maximum atomic E-state index is 12.7. The number of hydrogen-bond donors (Lipinski definition) is 3. The van der Waals surface area contributed by atoms with Gasteiger partial charge in [-0.3, -0.25) is 4.79 Å². The number of rotatable bonds is 3. The lowest BCUT2D eigenvalue weighted by atomic mass is 9.84. The number of halogens is 4. The first-order valence-corrected chi connectivity index (χ1v) is 7.30. The van der Waals surface area contributed by atoms with Crippen molar-refractivity contribution in [3.05, 3.63) is 23.3 Å². The molecule has 0 spiro atoms. The third kappa shape index (κ3) is 5.29. The van der Waals surface area contributed by atoms with Gasteiger partial charge in [-0.2, -0.15) is 13.2 Å². The zero-order chi connectivity index (χ0) is 17.2. The second kappa shape index (κ2) is 8.09. The smallest absolute Gasteiger partial charge is 0.392 e. The topological polar surface area (TPSA) is 101 Å². The lowest BCUT2D eigenvalue weighted by molar-refractivity contribution is -0.141. The van der Waals surface area contributed by atoms with Gasteiger partial charge in [0, 0.05) is 17.7 Å². The molecule has 1 heterocycles. The monoisotopic (exact) mass is 368 g/mol. The minimum absolute atomic E-state index is 0. The van der Waals surface area contributed by atoms with Crippen LogP contribution in [0.15, 0.2) is 6.07 Å². The molecule has 136 valence electrons. The van der Waals surface area contributed by atoms with Crippen molar-refractivity contribution >= 4 is 18.3 Å². The molecule has 0 saturated heterocycles. The van der Waals surface area contributed by atoms with Gasteiger partial charge >= 0.3 is 6.18 Å². The SMILES string of the molecule is Cc1cc(C(F)(F)F)nc(CNC(=O)[C@H]2CC[C@@H](O)[C@H](N)C2)n1.Cl. The van der Waals surface area contributed by atoms with E-state index in [4.69, 9.17) is 5.73 Å². The molecular weight excluding hydrogens is 349 g/mol. The summed E-state index contributed by atoms with van der Waals surface area (Å²) in [5, 5.41) is 12.1. The minimum atomic E-state index is -4.56. The Labute approximate surface area is 143 Å². The summed E-state index contributed by atoms with van der Waals surface area (Å²) in [7, 11) is 0. The highest BCUT2D eigenvalue weighted by molar-refractivity contribution is 5.85. The number of carbonyl (C=O) groups excluding carboxylic acids is 1. The Balaban J connectivity index is 0.00000288. The molecule has 3 atom stereocenters. The summed E-state index contributed by atoms with van der Waals surface area (Å²) in [6.07, 6.45) is -3.91. The lowest BCUT2D eigenvalue weighted by Gasteiger charge is -2.29. The molecule has 0 radical (unpaired) electrons. The molecule has 0 bridgehead atoms. The molecule has 1 fully saturated rings. The van der Waals surface area contributed by atoms with Gasteiger partial charge in [0.15, 0.2) is 0 Å². The fourth-order valence-electron chi connectivity index (χ4n) is 2.59. The van der Waals surface area contributed by atoms with Crippen LogP contribution in [-0.2, 0) is 17.5 Å². The average molecular weight is 369 g/mol. The first-order chi connectivity index (χ1) is 10.7. The number of nitrogens with one attached hydrogen (secondary N) is 1. The summed E-state index contributed by atoms with van der Waals surface area (Å²) < 4.78 is 38.1. The Kier molecular flexibility index (Phi) is 6.94. The zero-order valence-corrected chi connectivity index (χ0v) is 13.8. The van der Waals surface area contributed by atoms with Crippen LogP contribution in [0.4, 0.5) is 13.2 Å². The van der Waals surface area contributed by atoms with Crippen molar-refractivity contribution in [3.63, 3.8) is 0 Å². The molecule has 0 unspecified atom stereocenters. The van der Waals surface area contributed by atoms with Crippen LogP contribution < -0.4 is 11.1 Å². The van der Waals surface area contributed by atoms with E-state index in [-0.39, 0.29) is 42.3 Å². The highest BCUT2D eigenvalue weighted by Gasteiger charge is 2.34. The normalized spacial score (nSPS) is 24.2. The van der Waals surface area contributed by atoms with Crippen molar-refractivity contribution < 1.29 is 23.1 Å². The van der Waals surface area contributed by atoms with E-state index in [0.717, 1.165) is 6.07 Å². The van der Waals surface area contributed by atoms with Crippen LogP contribution in [-0.4, -0.2) is 33.1 Å². The molecule has 1 saturated carbocycles. The lowest BCUT2D eigenvalue weighted by Crippen LogP contribution is -2.44. The van der Waals surface area contributed by atoms with Crippen LogP contribution in [0.25, 0.3) is 0 Å². The number of aryl methyl sites for hydroxylation is 1. The molecule has 1 aliphatic rings. The van der Waals surface area contributed by atoms with Crippen molar-refractivity contribution in [2.75, 3.05) is 0 Å². The molecule has 6 nitrogen and oxygen atoms in total. The van der Waals surface area contributed by atoms with Crippen LogP contribution in [0.3, 0.4) is 0 Å². The molecule has 2 rings (SSSR count). The summed E-state index contributed by atoms with van der Waals surface area (Å²) in [6, 6.07) is 0.388. The maximum absolute atomic E-state index is 12.7. The molecule has 0 aromatic carbocycles. The molecule has 1 aliphatic carbocycles. The summed E-state index contributed by atoms with van der Waals surface area (Å²) in [5.41, 5.74) is 4.87. The number of aromatic nitrogens is 2. The molecule has 24 heavy (non-hydrogen) atoms. The van der Waals surface area contributed by atoms with Gasteiger partial charge in [0.25, 0.3) is 0 Å². The fourth-order valence-corrected chi connectivity index (χ4v) is 2.59. The van der Waals surface area contributed by atoms with E-state index in [0.29, 0.717) is 19.3 Å². The number of alkyl halides is 3. The molecule has 1 amide bonds. The fraction of sp³-hybridized carbons (Fsp3) is 0.643. The highest BCUT2D eigenvalue weighted by atomic mass is 35.5. The third-order valence-corrected chi connectivity index (χ3v) is 3.84. The Morgan fingerprint density at radius 2 is 2.08 bits per heavy atom. The van der Waals surface area contributed by atoms with Crippen molar-refractivity contribution in [1.82, 2.24) is 15.3 Å². The molecule has 1 aromatic heterocycles. The summed E-state index contributed by atoms with van der Waals surface area (Å²) >= 11 is 0. The van der Waals surface area contributed by atoms with Crippen molar-refractivity contribution in [3.8, 4) is 0 Å². The number of aliphatic hydroxyl groups is 1. The number of amides is 1. The zero-order valence-electron chi connectivity index (χ0n) is 13.0. The Bertz CT molecular complexity index is 586. The first-order valence-electron chi connectivity index (χ1n) is 7.30. The van der Waals surface area contributed by atoms with Gasteiger partial charge < -0.3 is 16.2 Å². The second-order valence-electron chi connectivity index (χ2n) is 5.77. The van der Waals surface area contributed by atoms with Crippen molar-refractivity contribution in [2.45, 2.75) is 51.1 Å². The standard InChI is InChI=1S/C14H19F3N4O2.ClH/c1-7-4-11(14(15,16)17)21-12(20-7)6-19-13(23)8-2-3-10(22)9(18)5-8;/h4,8-10,22H,2-3,5-6,18H2,1H3,(H,19,23);1H/t8-,9+,10+;/m0./s1. The predicted octanol–water partition coefficient (Wildman–Crippen LogP) is 1.33. The summed E-state index contributed by atoms with van der Waals surface area (Å²) in [6.45, 7) is 1.25. The van der Waals surface area contributed by atoms with Gasteiger partial charge in [-0.25, -0.2) is 9.97 Å². The predicted molar refractivity (Wildman–Crippen MR) is 82.2 cm³/mol. The Hall–Kier alpha value is -1.45. The van der Waals surface area contributed by atoms with Gasteiger partial charge in [0.2, 0.25) is 5.91 Å². The van der Waals surface area contributed by atoms with E-state index in [1.54, 1.807) is 0 Å². The second-order valence-corrected chi connectivity index (χ2v) is 5.77. The minimum Gasteiger partial charge on any atom is -0.392 e. The van der Waals surface area contributed by atoms with Crippen LogP contribution in [0.1, 0.15) is 36.5 Å². The van der Waals surface area contributed by atoms with E-state index in [2.05, 4.69) is 15.3 Å². The average Bonchev–Trinajstić information content (AvgIpc) is 2.46. The molecule has 4 N–H and O–H groups in total. The van der Waals surface area contributed by atoms with Crippen molar-refractivity contribution in [1.29, 1.82) is 0 Å². The van der Waals surface area contributed by atoms with Crippen LogP contribution in [0.2, 0.25) is 0 Å². The molecule has 10 heteroatoms. The van der Waals surface area contributed by atoms with Crippen molar-refractivity contribution in [2.24, 2.45) is 11.7 Å². The first kappa shape index (κ1) is 20.6. The third-order valence-electron chi connectivity index (χ3n) is 3.84. The number of nitrogens with zero attached hydrogens (tertiary/aromatic N) is 2.